The van der Waals surface area contributed by atoms with E-state index in [9.17, 15) is 14.7 Å². The van der Waals surface area contributed by atoms with Crippen LogP contribution in [0.3, 0.4) is 0 Å². The summed E-state index contributed by atoms with van der Waals surface area (Å²) in [5, 5.41) is 10.1. The first-order valence-electron chi connectivity index (χ1n) is 15.2. The average molecular weight is 519 g/mol. The average Bonchev–Trinajstić information content (AvgIpc) is 3.58. The van der Waals surface area contributed by atoms with Crippen molar-refractivity contribution < 1.29 is 28.9 Å². The van der Waals surface area contributed by atoms with Gasteiger partial charge in [0.2, 0.25) is 0 Å². The maximum absolute atomic E-state index is 12.3. The standard InChI is InChI=1S/C25H40O2.C6H10O4/c1-16-6-4-12-23(2)18(16)10-14-24(3)19-11-15-25(22(26)27)13-5-7-20(25)17(19)8-9-21(23)24;1-8-4-6(7)10-3-5-2-9-5/h16-21H,4-15H2,1-3H3,(H,26,27);5H,2-4H2,1H3. The molecule has 1 N–H and O–H groups in total. The summed E-state index contributed by atoms with van der Waals surface area (Å²) in [6.45, 7) is 8.93. The van der Waals surface area contributed by atoms with E-state index in [4.69, 9.17) is 9.47 Å². The molecule has 0 aromatic heterocycles. The van der Waals surface area contributed by atoms with Crippen LogP contribution in [0.2, 0.25) is 0 Å². The van der Waals surface area contributed by atoms with Gasteiger partial charge in [0, 0.05) is 7.11 Å². The highest BCUT2D eigenvalue weighted by Gasteiger charge is 2.65. The van der Waals surface area contributed by atoms with E-state index in [0.29, 0.717) is 35.9 Å². The van der Waals surface area contributed by atoms with Crippen LogP contribution >= 0.6 is 0 Å². The molecule has 6 rings (SSSR count). The molecule has 10 atom stereocenters. The molecule has 5 aliphatic carbocycles. The minimum Gasteiger partial charge on any atom is -0.481 e. The summed E-state index contributed by atoms with van der Waals surface area (Å²) >= 11 is 0. The lowest BCUT2D eigenvalue weighted by Crippen LogP contribution is -2.60. The van der Waals surface area contributed by atoms with Crippen LogP contribution in [0.15, 0.2) is 0 Å². The van der Waals surface area contributed by atoms with Gasteiger partial charge < -0.3 is 19.3 Å². The second-order valence-electron chi connectivity index (χ2n) is 14.0. The van der Waals surface area contributed by atoms with E-state index >= 15 is 0 Å². The first-order valence-corrected chi connectivity index (χ1v) is 15.2. The van der Waals surface area contributed by atoms with Gasteiger partial charge in [-0.3, -0.25) is 4.79 Å². The fraction of sp³-hybridized carbons (Fsp3) is 0.935. The molecule has 5 saturated carbocycles. The van der Waals surface area contributed by atoms with Gasteiger partial charge in [0.15, 0.2) is 0 Å². The van der Waals surface area contributed by atoms with Crippen LogP contribution in [0, 0.1) is 51.8 Å². The summed E-state index contributed by atoms with van der Waals surface area (Å²) in [5.74, 6) is 3.89. The molecule has 0 aromatic rings. The van der Waals surface area contributed by atoms with Gasteiger partial charge in [0.25, 0.3) is 0 Å². The number of esters is 1. The molecule has 10 unspecified atom stereocenters. The molecule has 210 valence electrons. The molecule has 0 amide bonds. The highest BCUT2D eigenvalue weighted by molar-refractivity contribution is 5.75. The second kappa shape index (κ2) is 10.4. The molecular weight excluding hydrogens is 468 g/mol. The highest BCUT2D eigenvalue weighted by atomic mass is 16.6. The fourth-order valence-electron chi connectivity index (χ4n) is 10.8. The summed E-state index contributed by atoms with van der Waals surface area (Å²) in [6, 6.07) is 0. The normalized spacial score (nSPS) is 47.7. The smallest absolute Gasteiger partial charge is 0.332 e. The van der Waals surface area contributed by atoms with Crippen LogP contribution in [-0.4, -0.2) is 50.1 Å². The lowest BCUT2D eigenvalue weighted by Gasteiger charge is -2.67. The predicted octanol–water partition coefficient (Wildman–Crippen LogP) is 6.11. The summed E-state index contributed by atoms with van der Waals surface area (Å²) in [6.07, 6.45) is 15.4. The topological polar surface area (TPSA) is 85.4 Å². The van der Waals surface area contributed by atoms with Crippen molar-refractivity contribution >= 4 is 11.9 Å². The molecule has 1 aliphatic heterocycles. The summed E-state index contributed by atoms with van der Waals surface area (Å²) < 4.78 is 14.1. The van der Waals surface area contributed by atoms with Crippen molar-refractivity contribution in [1.29, 1.82) is 0 Å². The number of rotatable bonds is 5. The third kappa shape index (κ3) is 4.77. The molecule has 0 spiro atoms. The molecule has 0 aromatic carbocycles. The maximum atomic E-state index is 12.3. The number of carbonyl (C=O) groups excluding carboxylic acids is 1. The van der Waals surface area contributed by atoms with Crippen molar-refractivity contribution in [2.45, 2.75) is 104 Å². The number of hydrogen-bond donors (Lipinski definition) is 1. The molecular formula is C31H50O6. The number of hydrogen-bond acceptors (Lipinski definition) is 5. The number of carboxylic acids is 1. The van der Waals surface area contributed by atoms with Gasteiger partial charge in [0.05, 0.1) is 12.0 Å². The van der Waals surface area contributed by atoms with E-state index in [-0.39, 0.29) is 24.1 Å². The van der Waals surface area contributed by atoms with Gasteiger partial charge in [-0.15, -0.1) is 0 Å². The third-order valence-corrected chi connectivity index (χ3v) is 12.4. The number of fused-ring (bicyclic) bond motifs is 7. The zero-order chi connectivity index (χ0) is 26.4. The van der Waals surface area contributed by atoms with Crippen LogP contribution in [0.25, 0.3) is 0 Å². The molecule has 0 radical (unpaired) electrons. The molecule has 0 bridgehead atoms. The minimum atomic E-state index is -0.465. The SMILES string of the molecule is CC1CCCC2(C)C1CCC1(C)C3CCC4(C(=O)O)CCCC4C3CCC21.COCC(=O)OCC1CO1. The molecule has 6 nitrogen and oxygen atoms in total. The Labute approximate surface area is 223 Å². The second-order valence-corrected chi connectivity index (χ2v) is 14.0. The van der Waals surface area contributed by atoms with Gasteiger partial charge in [-0.05, 0) is 104 Å². The van der Waals surface area contributed by atoms with Gasteiger partial charge in [-0.1, -0.05) is 40.0 Å². The molecule has 6 heteroatoms. The van der Waals surface area contributed by atoms with Crippen molar-refractivity contribution in [2.24, 2.45) is 51.8 Å². The Balaban J connectivity index is 0.000000237. The fourth-order valence-corrected chi connectivity index (χ4v) is 10.8. The Morgan fingerprint density at radius 3 is 2.30 bits per heavy atom. The van der Waals surface area contributed by atoms with Crippen molar-refractivity contribution in [3.8, 4) is 0 Å². The molecule has 37 heavy (non-hydrogen) atoms. The van der Waals surface area contributed by atoms with E-state index in [0.717, 1.165) is 42.9 Å². The van der Waals surface area contributed by atoms with Gasteiger partial charge >= 0.3 is 11.9 Å². The summed E-state index contributed by atoms with van der Waals surface area (Å²) in [4.78, 5) is 22.8. The minimum absolute atomic E-state index is 0.0206. The van der Waals surface area contributed by atoms with Crippen LogP contribution < -0.4 is 0 Å². The molecule has 1 saturated heterocycles. The highest BCUT2D eigenvalue weighted by Crippen LogP contribution is 2.71. The first kappa shape index (κ1) is 27.4. The van der Waals surface area contributed by atoms with Crippen LogP contribution in [0.4, 0.5) is 0 Å². The van der Waals surface area contributed by atoms with Crippen LogP contribution in [0.5, 0.6) is 0 Å². The van der Waals surface area contributed by atoms with Crippen molar-refractivity contribution in [3.05, 3.63) is 0 Å². The van der Waals surface area contributed by atoms with E-state index in [1.54, 1.807) is 0 Å². The maximum Gasteiger partial charge on any atom is 0.332 e. The Morgan fingerprint density at radius 1 is 0.892 bits per heavy atom. The number of carbonyl (C=O) groups is 2. The lowest BCUT2D eigenvalue weighted by molar-refractivity contribution is -0.190. The van der Waals surface area contributed by atoms with Gasteiger partial charge in [0.1, 0.15) is 19.3 Å². The van der Waals surface area contributed by atoms with E-state index in [2.05, 4.69) is 25.5 Å². The zero-order valence-corrected chi connectivity index (χ0v) is 23.6. The van der Waals surface area contributed by atoms with Crippen LogP contribution in [0.1, 0.15) is 97.8 Å². The van der Waals surface area contributed by atoms with Gasteiger partial charge in [-0.25, -0.2) is 4.79 Å². The quantitative estimate of drug-likeness (QED) is 0.349. The Hall–Kier alpha value is -1.14. The molecule has 6 fully saturated rings. The number of aliphatic carboxylic acids is 1. The van der Waals surface area contributed by atoms with E-state index in [1.165, 1.54) is 64.9 Å². The summed E-state index contributed by atoms with van der Waals surface area (Å²) in [5.41, 5.74) is 0.663. The first-order chi connectivity index (χ1) is 17.7. The summed E-state index contributed by atoms with van der Waals surface area (Å²) in [7, 11) is 1.45. The molecule has 6 aliphatic rings. The van der Waals surface area contributed by atoms with Crippen LogP contribution in [-0.2, 0) is 23.8 Å². The number of carboxylic acid groups (broad SMARTS) is 1. The Morgan fingerprint density at radius 2 is 1.59 bits per heavy atom. The zero-order valence-electron chi connectivity index (χ0n) is 23.6. The van der Waals surface area contributed by atoms with Crippen molar-refractivity contribution in [1.82, 2.24) is 0 Å². The van der Waals surface area contributed by atoms with Crippen molar-refractivity contribution in [2.75, 3.05) is 26.9 Å². The molecule has 1 heterocycles. The lowest BCUT2D eigenvalue weighted by atomic mass is 9.38. The van der Waals surface area contributed by atoms with E-state index in [1.807, 2.05) is 0 Å². The van der Waals surface area contributed by atoms with Crippen molar-refractivity contribution in [3.63, 3.8) is 0 Å². The number of epoxide rings is 1. The number of methoxy groups -OCH3 is 1. The van der Waals surface area contributed by atoms with E-state index < -0.39 is 5.97 Å². The Bertz CT molecular complexity index is 855. The third-order valence-electron chi connectivity index (χ3n) is 12.4. The number of ether oxygens (including phenoxy) is 3. The Kier molecular flexibility index (Phi) is 7.74. The van der Waals surface area contributed by atoms with Gasteiger partial charge in [-0.2, -0.15) is 0 Å². The largest absolute Gasteiger partial charge is 0.481 e. The predicted molar refractivity (Wildman–Crippen MR) is 141 cm³/mol. The monoisotopic (exact) mass is 518 g/mol.